The van der Waals surface area contributed by atoms with Gasteiger partial charge in [0, 0.05) is 62.5 Å². The van der Waals surface area contributed by atoms with Crippen LogP contribution in [0.2, 0.25) is 0 Å². The number of nitrogens with zero attached hydrogens (tertiary/aromatic N) is 5. The van der Waals surface area contributed by atoms with E-state index < -0.39 is 9.84 Å². The molecule has 188 valence electrons. The zero-order valence-corrected chi connectivity index (χ0v) is 21.7. The minimum absolute atomic E-state index is 0.265. The molecule has 2 aliphatic heterocycles. The zero-order chi connectivity index (χ0) is 24.4. The molecule has 1 N–H and O–H groups in total. The van der Waals surface area contributed by atoms with Gasteiger partial charge in [-0.2, -0.15) is 5.10 Å². The summed E-state index contributed by atoms with van der Waals surface area (Å²) in [6, 6.07) is 6.55. The van der Waals surface area contributed by atoms with E-state index in [1.165, 1.54) is 11.3 Å². The highest BCUT2D eigenvalue weighted by atomic mass is 32.2. The Bertz CT molecular complexity index is 1180. The van der Waals surface area contributed by atoms with E-state index in [-0.39, 0.29) is 16.9 Å². The van der Waals surface area contributed by atoms with Crippen LogP contribution in [0.15, 0.2) is 40.5 Å². The van der Waals surface area contributed by atoms with Crippen LogP contribution in [-0.2, 0) is 21.2 Å². The zero-order valence-electron chi connectivity index (χ0n) is 20.0. The standard InChI is InChI=1S/C24H32N6O3S2/c1-28-12-14-29(15-13-28)17-19-16-25-24(34-19)26-23(31)22(27-30-10-2-3-11-30)18-4-6-20(7-5-18)35(32,33)21-8-9-21/h4-7,16,21H,2-3,8-15,17H2,1H3,(H,25,26,31)/b27-22+. The number of likely N-dealkylation sites (N-methyl/N-ethyl adjacent to an activating group) is 1. The van der Waals surface area contributed by atoms with E-state index >= 15 is 0 Å². The first kappa shape index (κ1) is 24.4. The Hall–Kier alpha value is -2.34. The Kier molecular flexibility index (Phi) is 7.19. The maximum atomic E-state index is 13.3. The Morgan fingerprint density at radius 3 is 2.43 bits per heavy atom. The lowest BCUT2D eigenvalue weighted by Gasteiger charge is -2.31. The molecule has 0 spiro atoms. The van der Waals surface area contributed by atoms with Crippen LogP contribution >= 0.6 is 11.3 Å². The van der Waals surface area contributed by atoms with E-state index in [0.29, 0.717) is 15.6 Å². The van der Waals surface area contributed by atoms with Gasteiger partial charge in [0.05, 0.1) is 10.1 Å². The number of rotatable bonds is 8. The average Bonchev–Trinajstić information content (AvgIpc) is 3.44. The molecule has 1 amide bonds. The number of hydrazone groups is 1. The van der Waals surface area contributed by atoms with Gasteiger partial charge in [0.1, 0.15) is 0 Å². The van der Waals surface area contributed by atoms with Gasteiger partial charge in [-0.1, -0.05) is 12.1 Å². The highest BCUT2D eigenvalue weighted by Gasteiger charge is 2.36. The van der Waals surface area contributed by atoms with E-state index in [2.05, 4.69) is 32.2 Å². The van der Waals surface area contributed by atoms with E-state index in [0.717, 1.165) is 76.4 Å². The fraction of sp³-hybridized carbons (Fsp3) is 0.542. The van der Waals surface area contributed by atoms with Gasteiger partial charge in [0.25, 0.3) is 5.91 Å². The minimum atomic E-state index is -3.28. The third kappa shape index (κ3) is 5.91. The van der Waals surface area contributed by atoms with Crippen molar-refractivity contribution in [3.05, 3.63) is 40.9 Å². The molecule has 5 rings (SSSR count). The predicted octanol–water partition coefficient (Wildman–Crippen LogP) is 2.27. The number of nitrogens with one attached hydrogen (secondary N) is 1. The summed E-state index contributed by atoms with van der Waals surface area (Å²) in [6.45, 7) is 6.59. The topological polar surface area (TPSA) is 98.2 Å². The van der Waals surface area contributed by atoms with Gasteiger partial charge >= 0.3 is 0 Å². The molecule has 1 aromatic heterocycles. The van der Waals surface area contributed by atoms with Crippen molar-refractivity contribution in [2.24, 2.45) is 5.10 Å². The van der Waals surface area contributed by atoms with Gasteiger partial charge < -0.3 is 4.90 Å². The van der Waals surface area contributed by atoms with E-state index in [4.69, 9.17) is 0 Å². The Labute approximate surface area is 210 Å². The van der Waals surface area contributed by atoms with Gasteiger partial charge in [0.15, 0.2) is 20.7 Å². The number of piperazine rings is 1. The van der Waals surface area contributed by atoms with Crippen molar-refractivity contribution in [2.75, 3.05) is 51.6 Å². The SMILES string of the molecule is CN1CCN(Cc2cnc(NC(=O)/C(=N/N3CCCC3)c3ccc(S(=O)(=O)C4CC4)cc3)s2)CC1. The third-order valence-corrected chi connectivity index (χ3v) is 9.88. The number of benzene rings is 1. The first-order valence-electron chi connectivity index (χ1n) is 12.2. The fourth-order valence-electron chi connectivity index (χ4n) is 4.37. The number of hydrogen-bond donors (Lipinski definition) is 1. The first-order chi connectivity index (χ1) is 16.9. The molecule has 1 aliphatic carbocycles. The van der Waals surface area contributed by atoms with Crippen molar-refractivity contribution < 1.29 is 13.2 Å². The Morgan fingerprint density at radius 1 is 1.09 bits per heavy atom. The average molecular weight is 517 g/mol. The first-order valence-corrected chi connectivity index (χ1v) is 14.6. The smallest absolute Gasteiger partial charge is 0.278 e. The number of carbonyl (C=O) groups excluding carboxylic acids is 1. The number of hydrogen-bond acceptors (Lipinski definition) is 9. The molecule has 9 nitrogen and oxygen atoms in total. The van der Waals surface area contributed by atoms with Crippen LogP contribution < -0.4 is 5.32 Å². The second-order valence-electron chi connectivity index (χ2n) is 9.54. The van der Waals surface area contributed by atoms with Gasteiger partial charge in [-0.05, 0) is 44.9 Å². The van der Waals surface area contributed by atoms with Crippen molar-refractivity contribution in [3.8, 4) is 0 Å². The minimum Gasteiger partial charge on any atom is -0.304 e. The molecule has 0 radical (unpaired) electrons. The quantitative estimate of drug-likeness (QED) is 0.538. The molecule has 2 saturated heterocycles. The summed E-state index contributed by atoms with van der Waals surface area (Å²) in [5.74, 6) is -0.338. The molecule has 3 aliphatic rings. The van der Waals surface area contributed by atoms with Crippen molar-refractivity contribution in [2.45, 2.75) is 42.4 Å². The van der Waals surface area contributed by atoms with Crippen LogP contribution in [0.3, 0.4) is 0 Å². The maximum Gasteiger partial charge on any atom is 0.278 e. The number of amides is 1. The van der Waals surface area contributed by atoms with Crippen molar-refractivity contribution in [1.82, 2.24) is 19.8 Å². The van der Waals surface area contributed by atoms with Crippen LogP contribution in [0, 0.1) is 0 Å². The number of carbonyl (C=O) groups is 1. The number of aromatic nitrogens is 1. The van der Waals surface area contributed by atoms with Crippen LogP contribution in [0.25, 0.3) is 0 Å². The molecular formula is C24H32N6O3S2. The normalized spacial score (nSPS) is 20.4. The monoisotopic (exact) mass is 516 g/mol. The van der Waals surface area contributed by atoms with Crippen molar-refractivity contribution in [1.29, 1.82) is 0 Å². The van der Waals surface area contributed by atoms with Gasteiger partial charge in [-0.25, -0.2) is 13.4 Å². The van der Waals surface area contributed by atoms with Gasteiger partial charge in [-0.3, -0.25) is 20.0 Å². The highest BCUT2D eigenvalue weighted by Crippen LogP contribution is 2.33. The largest absolute Gasteiger partial charge is 0.304 e. The van der Waals surface area contributed by atoms with Crippen LogP contribution in [0.1, 0.15) is 36.1 Å². The van der Waals surface area contributed by atoms with Crippen LogP contribution in [0.5, 0.6) is 0 Å². The number of sulfone groups is 1. The second kappa shape index (κ2) is 10.3. The van der Waals surface area contributed by atoms with Crippen molar-refractivity contribution in [3.63, 3.8) is 0 Å². The summed E-state index contributed by atoms with van der Waals surface area (Å²) in [4.78, 5) is 23.9. The predicted molar refractivity (Wildman–Crippen MR) is 138 cm³/mol. The molecule has 35 heavy (non-hydrogen) atoms. The molecule has 1 saturated carbocycles. The van der Waals surface area contributed by atoms with Gasteiger partial charge in [0.2, 0.25) is 0 Å². The van der Waals surface area contributed by atoms with E-state index in [1.54, 1.807) is 24.3 Å². The third-order valence-electron chi connectivity index (χ3n) is 6.71. The molecule has 2 aromatic rings. The molecule has 0 bridgehead atoms. The second-order valence-corrected chi connectivity index (χ2v) is 12.9. The van der Waals surface area contributed by atoms with E-state index in [9.17, 15) is 13.2 Å². The Morgan fingerprint density at radius 2 is 1.77 bits per heavy atom. The van der Waals surface area contributed by atoms with Crippen LogP contribution in [-0.4, -0.2) is 91.4 Å². The molecule has 3 heterocycles. The Balaban J connectivity index is 1.30. The summed E-state index contributed by atoms with van der Waals surface area (Å²) in [5, 5.41) is 9.74. The molecule has 0 unspecified atom stereocenters. The summed E-state index contributed by atoms with van der Waals surface area (Å²) < 4.78 is 25.1. The maximum absolute atomic E-state index is 13.3. The molecule has 0 atom stereocenters. The van der Waals surface area contributed by atoms with E-state index in [1.807, 2.05) is 11.2 Å². The summed E-state index contributed by atoms with van der Waals surface area (Å²) >= 11 is 1.48. The highest BCUT2D eigenvalue weighted by molar-refractivity contribution is 7.92. The molecule has 11 heteroatoms. The lowest BCUT2D eigenvalue weighted by atomic mass is 10.1. The summed E-state index contributed by atoms with van der Waals surface area (Å²) in [7, 11) is -1.14. The van der Waals surface area contributed by atoms with Gasteiger partial charge in [-0.15, -0.1) is 11.3 Å². The fourth-order valence-corrected chi connectivity index (χ4v) is 6.88. The number of thiazole rings is 1. The summed E-state index contributed by atoms with van der Waals surface area (Å²) in [5.41, 5.74) is 0.872. The lowest BCUT2D eigenvalue weighted by Crippen LogP contribution is -2.43. The molecule has 3 fully saturated rings. The van der Waals surface area contributed by atoms with Crippen LogP contribution in [0.4, 0.5) is 5.13 Å². The number of anilines is 1. The summed E-state index contributed by atoms with van der Waals surface area (Å²) in [6.07, 6.45) is 5.35. The lowest BCUT2D eigenvalue weighted by molar-refractivity contribution is -0.110. The molecule has 1 aromatic carbocycles. The molecular weight excluding hydrogens is 484 g/mol. The van der Waals surface area contributed by atoms with Crippen molar-refractivity contribution >= 4 is 37.9 Å².